The molecule has 1 N–H and O–H groups in total. The molecule has 5 heterocycles. The van der Waals surface area contributed by atoms with Gasteiger partial charge in [-0.25, -0.2) is 0 Å². The molecule has 2 aromatic heterocycles. The van der Waals surface area contributed by atoms with Gasteiger partial charge in [-0.05, 0) is 73.8 Å². The molecule has 34 heavy (non-hydrogen) atoms. The number of nitrogens with zero attached hydrogens (tertiary/aromatic N) is 6. The molecule has 0 spiro atoms. The highest BCUT2D eigenvalue weighted by atomic mass is 15.3. The zero-order valence-corrected chi connectivity index (χ0v) is 19.1. The van der Waals surface area contributed by atoms with E-state index in [0.29, 0.717) is 17.6 Å². The molecule has 3 aliphatic heterocycles. The maximum absolute atomic E-state index is 9.14. The number of rotatable bonds is 2. The molecule has 4 aromatic rings. The van der Waals surface area contributed by atoms with Crippen molar-refractivity contribution in [3.05, 3.63) is 71.7 Å². The Morgan fingerprint density at radius 1 is 1.03 bits per heavy atom. The average Bonchev–Trinajstić information content (AvgIpc) is 3.62. The van der Waals surface area contributed by atoms with E-state index in [1.54, 1.807) is 0 Å². The fraction of sp³-hybridized carbons (Fsp3) is 0.296. The fourth-order valence-electron chi connectivity index (χ4n) is 6.01. The number of anilines is 1. The Bertz CT molecular complexity index is 1450. The van der Waals surface area contributed by atoms with Crippen molar-refractivity contribution in [3.8, 4) is 34.4 Å². The summed E-state index contributed by atoms with van der Waals surface area (Å²) in [5.74, 6) is 1.75. The van der Waals surface area contributed by atoms with Crippen molar-refractivity contribution in [3.63, 3.8) is 0 Å². The Balaban J connectivity index is 1.34. The van der Waals surface area contributed by atoms with Crippen LogP contribution in [0.15, 0.2) is 54.7 Å². The second kappa shape index (κ2) is 7.31. The summed E-state index contributed by atoms with van der Waals surface area (Å²) in [6, 6.07) is 20.2. The largest absolute Gasteiger partial charge is 0.367 e. The Labute approximate surface area is 198 Å². The second-order valence-electron chi connectivity index (χ2n) is 9.55. The van der Waals surface area contributed by atoms with Crippen LogP contribution in [0.5, 0.6) is 0 Å². The van der Waals surface area contributed by atoms with Gasteiger partial charge in [-0.2, -0.15) is 5.26 Å². The van der Waals surface area contributed by atoms with E-state index in [9.17, 15) is 0 Å². The predicted molar refractivity (Wildman–Crippen MR) is 131 cm³/mol. The van der Waals surface area contributed by atoms with Crippen LogP contribution >= 0.6 is 0 Å². The molecule has 0 radical (unpaired) electrons. The molecule has 2 saturated heterocycles. The van der Waals surface area contributed by atoms with Crippen LogP contribution in [0.25, 0.3) is 28.3 Å². The standard InChI is InChI=1S/C27H25N7/c1-17-30-31-27-26-13-20(19-4-2-18(14-28)3-5-19)15-32(26)16-21-12-22(6-7-24(21)34(17)27)33-11-9-23-25(33)8-10-29-23/h2-7,12-13,15,23,25,29H,8-11,16H2,1H3/t23-,25+/m1/s1. The number of benzene rings is 2. The van der Waals surface area contributed by atoms with Crippen LogP contribution in [-0.4, -0.2) is 44.5 Å². The van der Waals surface area contributed by atoms with Crippen molar-refractivity contribution < 1.29 is 0 Å². The quantitative estimate of drug-likeness (QED) is 0.444. The first kappa shape index (κ1) is 19.6. The second-order valence-corrected chi connectivity index (χ2v) is 9.55. The summed E-state index contributed by atoms with van der Waals surface area (Å²) in [6.45, 7) is 5.02. The Morgan fingerprint density at radius 3 is 2.76 bits per heavy atom. The van der Waals surface area contributed by atoms with Gasteiger partial charge in [-0.1, -0.05) is 12.1 Å². The summed E-state index contributed by atoms with van der Waals surface area (Å²) in [5.41, 5.74) is 7.67. The molecular formula is C27H25N7. The van der Waals surface area contributed by atoms with Gasteiger partial charge in [0.1, 0.15) is 5.82 Å². The molecule has 0 saturated carbocycles. The van der Waals surface area contributed by atoms with Crippen LogP contribution < -0.4 is 10.2 Å². The van der Waals surface area contributed by atoms with Crippen molar-refractivity contribution in [2.24, 2.45) is 0 Å². The molecule has 2 atom stereocenters. The maximum atomic E-state index is 9.14. The molecule has 0 aliphatic carbocycles. The van der Waals surface area contributed by atoms with Gasteiger partial charge in [0.05, 0.1) is 23.0 Å². The summed E-state index contributed by atoms with van der Waals surface area (Å²) < 4.78 is 4.47. The molecular weight excluding hydrogens is 422 g/mol. The topological polar surface area (TPSA) is 74.7 Å². The summed E-state index contributed by atoms with van der Waals surface area (Å²) >= 11 is 0. The molecule has 168 valence electrons. The Hall–Kier alpha value is -3.89. The van der Waals surface area contributed by atoms with E-state index in [2.05, 4.69) is 66.1 Å². The van der Waals surface area contributed by atoms with Gasteiger partial charge < -0.3 is 14.8 Å². The lowest BCUT2D eigenvalue weighted by molar-refractivity contribution is 0.601. The first-order chi connectivity index (χ1) is 16.7. The minimum atomic E-state index is 0.598. The summed E-state index contributed by atoms with van der Waals surface area (Å²) in [4.78, 5) is 2.59. The number of aromatic nitrogens is 4. The van der Waals surface area contributed by atoms with Crippen LogP contribution in [0.4, 0.5) is 5.69 Å². The lowest BCUT2D eigenvalue weighted by Crippen LogP contribution is -2.34. The summed E-state index contributed by atoms with van der Waals surface area (Å²) in [7, 11) is 0. The maximum Gasteiger partial charge on any atom is 0.185 e. The van der Waals surface area contributed by atoms with Crippen molar-refractivity contribution in [2.45, 2.75) is 38.4 Å². The van der Waals surface area contributed by atoms with Gasteiger partial charge in [-0.3, -0.25) is 4.57 Å². The van der Waals surface area contributed by atoms with Crippen molar-refractivity contribution in [2.75, 3.05) is 18.0 Å². The molecule has 0 bridgehead atoms. The van der Waals surface area contributed by atoms with Crippen molar-refractivity contribution in [1.29, 1.82) is 5.26 Å². The van der Waals surface area contributed by atoms with Gasteiger partial charge in [0.2, 0.25) is 0 Å². The molecule has 3 aliphatic rings. The zero-order chi connectivity index (χ0) is 22.8. The van der Waals surface area contributed by atoms with Crippen LogP contribution in [0.2, 0.25) is 0 Å². The van der Waals surface area contributed by atoms with Crippen LogP contribution in [0.1, 0.15) is 29.8 Å². The molecule has 0 unspecified atom stereocenters. The fourth-order valence-corrected chi connectivity index (χ4v) is 6.01. The van der Waals surface area contributed by atoms with Gasteiger partial charge in [0, 0.05) is 42.6 Å². The molecule has 7 nitrogen and oxygen atoms in total. The van der Waals surface area contributed by atoms with Crippen LogP contribution in [-0.2, 0) is 6.54 Å². The lowest BCUT2D eigenvalue weighted by Gasteiger charge is -2.26. The zero-order valence-electron chi connectivity index (χ0n) is 19.1. The number of hydrogen-bond donors (Lipinski definition) is 1. The van der Waals surface area contributed by atoms with Crippen LogP contribution in [0, 0.1) is 18.3 Å². The Morgan fingerprint density at radius 2 is 1.91 bits per heavy atom. The minimum Gasteiger partial charge on any atom is -0.367 e. The highest BCUT2D eigenvalue weighted by Gasteiger charge is 2.37. The molecule has 0 amide bonds. The number of nitrogens with one attached hydrogen (secondary N) is 1. The highest BCUT2D eigenvalue weighted by molar-refractivity contribution is 5.72. The van der Waals surface area contributed by atoms with Gasteiger partial charge >= 0.3 is 0 Å². The normalized spacial score (nSPS) is 20.3. The smallest absolute Gasteiger partial charge is 0.185 e. The van der Waals surface area contributed by atoms with Gasteiger partial charge in [0.15, 0.2) is 5.82 Å². The van der Waals surface area contributed by atoms with Gasteiger partial charge in [-0.15, -0.1) is 10.2 Å². The third-order valence-electron chi connectivity index (χ3n) is 7.67. The molecule has 7 rings (SSSR count). The predicted octanol–water partition coefficient (Wildman–Crippen LogP) is 3.89. The number of hydrogen-bond acceptors (Lipinski definition) is 5. The Kier molecular flexibility index (Phi) is 4.20. The summed E-state index contributed by atoms with van der Waals surface area (Å²) in [5, 5.41) is 21.8. The minimum absolute atomic E-state index is 0.598. The molecule has 2 aromatic carbocycles. The summed E-state index contributed by atoms with van der Waals surface area (Å²) in [6.07, 6.45) is 4.62. The van der Waals surface area contributed by atoms with Crippen molar-refractivity contribution >= 4 is 5.69 Å². The first-order valence-electron chi connectivity index (χ1n) is 12.0. The third-order valence-corrected chi connectivity index (χ3v) is 7.67. The van der Waals surface area contributed by atoms with E-state index in [0.717, 1.165) is 53.8 Å². The van der Waals surface area contributed by atoms with E-state index in [-0.39, 0.29) is 0 Å². The average molecular weight is 448 g/mol. The monoisotopic (exact) mass is 447 g/mol. The highest BCUT2D eigenvalue weighted by Crippen LogP contribution is 2.37. The SMILES string of the molecule is Cc1nnc2n1-c1ccc(N3CC[C@H]4NCC[C@@H]43)cc1Cn1cc(-c3ccc(C#N)cc3)cc1-2. The number of nitriles is 1. The number of aryl methyl sites for hydroxylation is 1. The van der Waals surface area contributed by atoms with E-state index < -0.39 is 0 Å². The van der Waals surface area contributed by atoms with E-state index in [4.69, 9.17) is 5.26 Å². The van der Waals surface area contributed by atoms with E-state index in [1.165, 1.54) is 24.1 Å². The third kappa shape index (κ3) is 2.85. The first-order valence-corrected chi connectivity index (χ1v) is 12.0. The van der Waals surface area contributed by atoms with Crippen molar-refractivity contribution in [1.82, 2.24) is 24.6 Å². The van der Waals surface area contributed by atoms with Crippen LogP contribution in [0.3, 0.4) is 0 Å². The molecule has 2 fully saturated rings. The molecule has 7 heteroatoms. The van der Waals surface area contributed by atoms with E-state index >= 15 is 0 Å². The lowest BCUT2D eigenvalue weighted by atomic mass is 10.1. The van der Waals surface area contributed by atoms with E-state index in [1.807, 2.05) is 31.2 Å². The number of fused-ring (bicyclic) bond motifs is 6. The van der Waals surface area contributed by atoms with Gasteiger partial charge in [0.25, 0.3) is 0 Å².